The monoisotopic (exact) mass is 579 g/mol. The molecule has 1 aliphatic rings. The maximum Gasteiger partial charge on any atom is 0.305 e. The number of carbonyl (C=O) groups excluding carboxylic acids is 3. The molecule has 0 radical (unpaired) electrons. The predicted octanol–water partition coefficient (Wildman–Crippen LogP) is 4.21. The molecule has 226 valence electrons. The number of amides is 2. The molecule has 0 aromatic heterocycles. The molecule has 3 rings (SSSR count). The second kappa shape index (κ2) is 15.6. The normalized spacial score (nSPS) is 13.6. The van der Waals surface area contributed by atoms with Crippen molar-refractivity contribution in [2.75, 3.05) is 30.3 Å². The highest BCUT2D eigenvalue weighted by Gasteiger charge is 2.24. The molecule has 0 bridgehead atoms. The van der Waals surface area contributed by atoms with Gasteiger partial charge in [-0.25, -0.2) is 0 Å². The number of ketones is 1. The van der Waals surface area contributed by atoms with Crippen LogP contribution in [0.3, 0.4) is 0 Å². The molecule has 5 N–H and O–H groups in total. The number of ether oxygens (including phenoxy) is 1. The van der Waals surface area contributed by atoms with Crippen molar-refractivity contribution in [2.24, 2.45) is 10.4 Å². The highest BCUT2D eigenvalue weighted by atomic mass is 16.5. The van der Waals surface area contributed by atoms with Crippen molar-refractivity contribution in [3.05, 3.63) is 54.1 Å². The number of carboxylic acids is 1. The van der Waals surface area contributed by atoms with Crippen LogP contribution >= 0.6 is 0 Å². The first-order valence-electron chi connectivity index (χ1n) is 14.2. The average Bonchev–Trinajstić information content (AvgIpc) is 2.94. The minimum atomic E-state index is -1.31. The van der Waals surface area contributed by atoms with E-state index < -0.39 is 30.2 Å². The number of carbonyl (C=O) groups is 4. The number of Topliss-reactive ketones (excluding diaryl/α,β-unsaturated/α-hetero) is 1. The number of aliphatic imine (C=N–C) groups is 1. The Labute approximate surface area is 246 Å². The number of benzene rings is 2. The van der Waals surface area contributed by atoms with Crippen LogP contribution in [0.2, 0.25) is 0 Å². The Bertz CT molecular complexity index is 1270. The van der Waals surface area contributed by atoms with E-state index in [2.05, 4.69) is 47.0 Å². The van der Waals surface area contributed by atoms with Crippen molar-refractivity contribution >= 4 is 40.9 Å². The van der Waals surface area contributed by atoms with E-state index >= 15 is 0 Å². The van der Waals surface area contributed by atoms with Gasteiger partial charge in [0.2, 0.25) is 11.8 Å². The summed E-state index contributed by atoms with van der Waals surface area (Å²) in [6, 6.07) is 12.3. The van der Waals surface area contributed by atoms with Gasteiger partial charge >= 0.3 is 5.97 Å². The van der Waals surface area contributed by atoms with Crippen LogP contribution in [-0.4, -0.2) is 60.4 Å². The fourth-order valence-corrected chi connectivity index (χ4v) is 4.20. The number of hydrogen-bond acceptors (Lipinski definition) is 8. The van der Waals surface area contributed by atoms with E-state index in [-0.39, 0.29) is 24.0 Å². The smallest absolute Gasteiger partial charge is 0.305 e. The quantitative estimate of drug-likeness (QED) is 0.164. The van der Waals surface area contributed by atoms with E-state index in [1.54, 1.807) is 42.5 Å². The number of aliphatic carboxylic acids is 1. The van der Waals surface area contributed by atoms with Crippen LogP contribution in [-0.2, 0) is 14.4 Å². The average molecular weight is 580 g/mol. The van der Waals surface area contributed by atoms with E-state index in [0.717, 1.165) is 32.4 Å². The van der Waals surface area contributed by atoms with Gasteiger partial charge in [-0.1, -0.05) is 32.9 Å². The van der Waals surface area contributed by atoms with E-state index in [1.165, 1.54) is 0 Å². The molecule has 2 amide bonds. The molecule has 11 heteroatoms. The molecule has 0 aliphatic carbocycles. The number of guanidine groups is 1. The molecule has 2 aromatic rings. The van der Waals surface area contributed by atoms with Crippen molar-refractivity contribution in [1.82, 2.24) is 10.6 Å². The molecule has 11 nitrogen and oxygen atoms in total. The van der Waals surface area contributed by atoms with Gasteiger partial charge in [-0.15, -0.1) is 0 Å². The van der Waals surface area contributed by atoms with Crippen LogP contribution in [0, 0.1) is 5.41 Å². The largest absolute Gasteiger partial charge is 0.494 e. The summed E-state index contributed by atoms with van der Waals surface area (Å²) in [5.74, 6) is -1.47. The molecule has 2 aromatic carbocycles. The number of rotatable bonds is 14. The Balaban J connectivity index is 1.49. The Morgan fingerprint density at radius 2 is 1.81 bits per heavy atom. The molecule has 0 saturated heterocycles. The van der Waals surface area contributed by atoms with E-state index in [1.807, 2.05) is 6.07 Å². The molecule has 1 aliphatic heterocycles. The molecule has 42 heavy (non-hydrogen) atoms. The van der Waals surface area contributed by atoms with Gasteiger partial charge in [0.15, 0.2) is 11.7 Å². The summed E-state index contributed by atoms with van der Waals surface area (Å²) >= 11 is 0. The van der Waals surface area contributed by atoms with Gasteiger partial charge in [0.1, 0.15) is 11.8 Å². The molecule has 0 saturated carbocycles. The van der Waals surface area contributed by atoms with Gasteiger partial charge in [-0.05, 0) is 61.1 Å². The van der Waals surface area contributed by atoms with Crippen molar-refractivity contribution < 1.29 is 29.0 Å². The third-order valence-electron chi connectivity index (χ3n) is 6.42. The molecule has 0 unspecified atom stereocenters. The second-order valence-electron chi connectivity index (χ2n) is 11.4. The number of anilines is 2. The minimum absolute atomic E-state index is 0.104. The topological polar surface area (TPSA) is 158 Å². The van der Waals surface area contributed by atoms with Crippen molar-refractivity contribution in [3.8, 4) is 5.75 Å². The first kappa shape index (κ1) is 32.1. The van der Waals surface area contributed by atoms with Gasteiger partial charge in [0.25, 0.3) is 0 Å². The molecular formula is C31H41N5O6. The fourth-order valence-electron chi connectivity index (χ4n) is 4.20. The first-order valence-corrected chi connectivity index (χ1v) is 14.2. The van der Waals surface area contributed by atoms with Crippen LogP contribution < -0.4 is 26.0 Å². The van der Waals surface area contributed by atoms with Gasteiger partial charge in [-0.2, -0.15) is 0 Å². The van der Waals surface area contributed by atoms with Crippen LogP contribution in [0.1, 0.15) is 69.7 Å². The standard InChI is InChI=1S/C31H41N5O6/c1-31(2,3)15-5-18-42-24-11-9-22(10-12-24)34-29(41)25(20-28(39)40)36-27(38)14-13-26(37)21-7-4-8-23(19-21)35-30-32-16-6-17-33-30/h4,7-12,19,25H,5-6,13-18,20H2,1-3H3,(H,34,41)(H,36,38)(H,39,40)(H2,32,33,35)/t25-/m0/s1. The molecule has 1 heterocycles. The van der Waals surface area contributed by atoms with Gasteiger partial charge in [-0.3, -0.25) is 24.2 Å². The van der Waals surface area contributed by atoms with Crippen molar-refractivity contribution in [1.29, 1.82) is 0 Å². The Morgan fingerprint density at radius 3 is 2.48 bits per heavy atom. The summed E-state index contributed by atoms with van der Waals surface area (Å²) in [6.45, 7) is 8.65. The molecule has 1 atom stereocenters. The third-order valence-corrected chi connectivity index (χ3v) is 6.42. The SMILES string of the molecule is CC(C)(C)CCCOc1ccc(NC(=O)[C@H](CC(=O)O)NC(=O)CCC(=O)c2cccc(NC3=NCCCN3)c2)cc1. The van der Waals surface area contributed by atoms with E-state index in [0.29, 0.717) is 35.3 Å². The lowest BCUT2D eigenvalue weighted by Crippen LogP contribution is -2.45. The Hall–Kier alpha value is -4.41. The maximum absolute atomic E-state index is 12.8. The Kier molecular flexibility index (Phi) is 11.9. The predicted molar refractivity (Wildman–Crippen MR) is 162 cm³/mol. The molecule has 0 spiro atoms. The lowest BCUT2D eigenvalue weighted by Gasteiger charge is -2.18. The summed E-state index contributed by atoms with van der Waals surface area (Å²) in [7, 11) is 0. The van der Waals surface area contributed by atoms with E-state index in [9.17, 15) is 24.3 Å². The van der Waals surface area contributed by atoms with Gasteiger partial charge in [0.05, 0.1) is 13.0 Å². The zero-order valence-electron chi connectivity index (χ0n) is 24.5. The van der Waals surface area contributed by atoms with Crippen LogP contribution in [0.4, 0.5) is 11.4 Å². The Morgan fingerprint density at radius 1 is 1.05 bits per heavy atom. The summed E-state index contributed by atoms with van der Waals surface area (Å²) in [5.41, 5.74) is 1.79. The highest BCUT2D eigenvalue weighted by molar-refractivity contribution is 6.02. The van der Waals surface area contributed by atoms with E-state index in [4.69, 9.17) is 4.74 Å². The lowest BCUT2D eigenvalue weighted by atomic mass is 9.91. The van der Waals surface area contributed by atoms with Crippen molar-refractivity contribution in [3.63, 3.8) is 0 Å². The van der Waals surface area contributed by atoms with Gasteiger partial charge < -0.3 is 31.1 Å². The number of nitrogens with one attached hydrogen (secondary N) is 4. The summed E-state index contributed by atoms with van der Waals surface area (Å²) < 4.78 is 5.75. The van der Waals surface area contributed by atoms with Crippen molar-refractivity contribution in [2.45, 2.75) is 65.3 Å². The second-order valence-corrected chi connectivity index (χ2v) is 11.4. The highest BCUT2D eigenvalue weighted by Crippen LogP contribution is 2.22. The third kappa shape index (κ3) is 11.6. The van der Waals surface area contributed by atoms with Crippen LogP contribution in [0.5, 0.6) is 5.75 Å². The van der Waals surface area contributed by atoms with Gasteiger partial charge in [0, 0.05) is 42.9 Å². The maximum atomic E-state index is 12.8. The van der Waals surface area contributed by atoms with Crippen LogP contribution in [0.15, 0.2) is 53.5 Å². The number of carboxylic acid groups (broad SMARTS) is 1. The molecule has 0 fully saturated rings. The summed E-state index contributed by atoms with van der Waals surface area (Å²) in [6.07, 6.45) is 2.00. The summed E-state index contributed by atoms with van der Waals surface area (Å²) in [4.78, 5) is 53.9. The number of hydrogen-bond donors (Lipinski definition) is 5. The summed E-state index contributed by atoms with van der Waals surface area (Å²) in [5, 5.41) is 20.7. The minimum Gasteiger partial charge on any atom is -0.494 e. The zero-order valence-corrected chi connectivity index (χ0v) is 24.5. The first-order chi connectivity index (χ1) is 20.0. The number of nitrogens with zero attached hydrogens (tertiary/aromatic N) is 1. The van der Waals surface area contributed by atoms with Crippen LogP contribution in [0.25, 0.3) is 0 Å². The fraction of sp³-hybridized carbons (Fsp3) is 0.452. The lowest BCUT2D eigenvalue weighted by molar-refractivity contribution is -0.139. The molecular weight excluding hydrogens is 538 g/mol. The zero-order chi connectivity index (χ0) is 30.5.